The quantitative estimate of drug-likeness (QED) is 0.743. The van der Waals surface area contributed by atoms with Crippen LogP contribution in [0.15, 0.2) is 24.3 Å². The van der Waals surface area contributed by atoms with Gasteiger partial charge in [-0.3, -0.25) is 0 Å². The van der Waals surface area contributed by atoms with Gasteiger partial charge in [-0.2, -0.15) is 0 Å². The lowest BCUT2D eigenvalue weighted by Crippen LogP contribution is -2.21. The lowest BCUT2D eigenvalue weighted by atomic mass is 10.1. The average molecular weight is 222 g/mol. The molecule has 0 saturated heterocycles. The first-order chi connectivity index (χ1) is 7.69. The van der Waals surface area contributed by atoms with E-state index >= 15 is 0 Å². The van der Waals surface area contributed by atoms with Crippen molar-refractivity contribution in [3.05, 3.63) is 29.8 Å². The van der Waals surface area contributed by atoms with Crippen LogP contribution in [0.2, 0.25) is 0 Å². The van der Waals surface area contributed by atoms with Gasteiger partial charge in [0.15, 0.2) is 0 Å². The summed E-state index contributed by atoms with van der Waals surface area (Å²) in [5, 5.41) is 3.25. The van der Waals surface area contributed by atoms with Crippen LogP contribution in [0.5, 0.6) is 0 Å². The zero-order valence-corrected chi connectivity index (χ0v) is 9.69. The minimum absolute atomic E-state index is 0.232. The maximum atomic E-state index is 11.5. The number of hydrogen-bond acceptors (Lipinski definition) is 4. The number of nitrogens with two attached hydrogens (primary N) is 1. The molecule has 88 valence electrons. The van der Waals surface area contributed by atoms with Gasteiger partial charge in [0.05, 0.1) is 12.7 Å². The Hall–Kier alpha value is -1.55. The topological polar surface area (TPSA) is 64.3 Å². The second-order valence-electron chi connectivity index (χ2n) is 3.66. The second-order valence-corrected chi connectivity index (χ2v) is 3.66. The summed E-state index contributed by atoms with van der Waals surface area (Å²) >= 11 is 0. The number of hydrogen-bond donors (Lipinski definition) is 2. The summed E-state index contributed by atoms with van der Waals surface area (Å²) in [7, 11) is 1.38. The summed E-state index contributed by atoms with van der Waals surface area (Å²) in [4.78, 5) is 11.5. The molecule has 1 atom stereocenters. The molecule has 0 fully saturated rings. The molecule has 4 heteroatoms. The fourth-order valence-corrected chi connectivity index (χ4v) is 1.48. The Morgan fingerprint density at radius 1 is 1.50 bits per heavy atom. The Kier molecular flexibility index (Phi) is 4.79. The van der Waals surface area contributed by atoms with Gasteiger partial charge in [-0.15, -0.1) is 0 Å². The molecular weight excluding hydrogens is 204 g/mol. The molecule has 0 aromatic heterocycles. The number of ether oxygens (including phenoxy) is 1. The smallest absolute Gasteiger partial charge is 0.339 e. The van der Waals surface area contributed by atoms with E-state index in [2.05, 4.69) is 5.32 Å². The number of methoxy groups -OCH3 is 1. The molecule has 16 heavy (non-hydrogen) atoms. The number of para-hydroxylation sites is 1. The molecule has 0 saturated carbocycles. The molecule has 0 heterocycles. The van der Waals surface area contributed by atoms with Gasteiger partial charge in [0, 0.05) is 11.7 Å². The zero-order chi connectivity index (χ0) is 12.0. The summed E-state index contributed by atoms with van der Waals surface area (Å²) in [5.41, 5.74) is 6.81. The van der Waals surface area contributed by atoms with Gasteiger partial charge < -0.3 is 15.8 Å². The van der Waals surface area contributed by atoms with Gasteiger partial charge in [-0.25, -0.2) is 4.79 Å². The number of nitrogens with one attached hydrogen (secondary N) is 1. The molecule has 0 bridgehead atoms. The molecule has 0 spiro atoms. The van der Waals surface area contributed by atoms with E-state index < -0.39 is 0 Å². The van der Waals surface area contributed by atoms with E-state index in [9.17, 15) is 4.79 Å². The lowest BCUT2D eigenvalue weighted by Gasteiger charge is -2.16. The molecule has 1 unspecified atom stereocenters. The van der Waals surface area contributed by atoms with E-state index in [0.29, 0.717) is 12.1 Å². The van der Waals surface area contributed by atoms with E-state index in [-0.39, 0.29) is 12.0 Å². The molecule has 1 aromatic rings. The molecule has 0 aliphatic heterocycles. The Balaban J connectivity index is 2.82. The van der Waals surface area contributed by atoms with Gasteiger partial charge in [-0.05, 0) is 32.0 Å². The first-order valence-electron chi connectivity index (χ1n) is 5.33. The first-order valence-corrected chi connectivity index (χ1v) is 5.33. The zero-order valence-electron chi connectivity index (χ0n) is 9.69. The standard InChI is InChI=1S/C12H18N2O2/c1-9(7-8-13)14-11-6-4-3-5-10(11)12(15)16-2/h3-6,9,14H,7-8,13H2,1-2H3. The molecule has 4 nitrogen and oxygen atoms in total. The van der Waals surface area contributed by atoms with Crippen molar-refractivity contribution in [2.24, 2.45) is 5.73 Å². The predicted molar refractivity (Wildman–Crippen MR) is 64.5 cm³/mol. The van der Waals surface area contributed by atoms with Gasteiger partial charge in [0.25, 0.3) is 0 Å². The predicted octanol–water partition coefficient (Wildman–Crippen LogP) is 1.62. The molecule has 1 rings (SSSR count). The molecule has 0 radical (unpaired) electrons. The normalized spacial score (nSPS) is 11.9. The van der Waals surface area contributed by atoms with Crippen molar-refractivity contribution in [3.63, 3.8) is 0 Å². The molecule has 0 aliphatic rings. The minimum Gasteiger partial charge on any atom is -0.465 e. The lowest BCUT2D eigenvalue weighted by molar-refractivity contribution is 0.0602. The monoisotopic (exact) mass is 222 g/mol. The number of rotatable bonds is 5. The highest BCUT2D eigenvalue weighted by Crippen LogP contribution is 2.17. The SMILES string of the molecule is COC(=O)c1ccccc1NC(C)CCN. The molecule has 1 aromatic carbocycles. The summed E-state index contributed by atoms with van der Waals surface area (Å²) in [6.07, 6.45) is 0.857. The van der Waals surface area contributed by atoms with Crippen LogP contribution in [0.1, 0.15) is 23.7 Å². The van der Waals surface area contributed by atoms with E-state index in [1.165, 1.54) is 7.11 Å². The maximum absolute atomic E-state index is 11.5. The van der Waals surface area contributed by atoms with Crippen LogP contribution in [-0.4, -0.2) is 25.7 Å². The van der Waals surface area contributed by atoms with Crippen LogP contribution in [0.3, 0.4) is 0 Å². The second kappa shape index (κ2) is 6.12. The van der Waals surface area contributed by atoms with Crippen LogP contribution in [0.4, 0.5) is 5.69 Å². The highest BCUT2D eigenvalue weighted by Gasteiger charge is 2.12. The number of anilines is 1. The van der Waals surface area contributed by atoms with Crippen molar-refractivity contribution in [2.45, 2.75) is 19.4 Å². The number of esters is 1. The van der Waals surface area contributed by atoms with E-state index in [0.717, 1.165) is 12.1 Å². The number of benzene rings is 1. The molecule has 0 amide bonds. The highest BCUT2D eigenvalue weighted by atomic mass is 16.5. The number of carbonyl (C=O) groups excluding carboxylic acids is 1. The summed E-state index contributed by atoms with van der Waals surface area (Å²) in [6.45, 7) is 2.65. The number of carbonyl (C=O) groups is 1. The van der Waals surface area contributed by atoms with Crippen LogP contribution in [0.25, 0.3) is 0 Å². The highest BCUT2D eigenvalue weighted by molar-refractivity contribution is 5.95. The third-order valence-corrected chi connectivity index (χ3v) is 2.33. The fraction of sp³-hybridized carbons (Fsp3) is 0.417. The van der Waals surface area contributed by atoms with Gasteiger partial charge in [-0.1, -0.05) is 12.1 Å². The summed E-state index contributed by atoms with van der Waals surface area (Å²) in [6, 6.07) is 7.52. The van der Waals surface area contributed by atoms with Gasteiger partial charge in [0.2, 0.25) is 0 Å². The average Bonchev–Trinajstić information content (AvgIpc) is 2.29. The Labute approximate surface area is 95.8 Å². The minimum atomic E-state index is -0.331. The molecular formula is C12H18N2O2. The van der Waals surface area contributed by atoms with Crippen molar-refractivity contribution in [1.82, 2.24) is 0 Å². The van der Waals surface area contributed by atoms with Crippen molar-refractivity contribution in [3.8, 4) is 0 Å². The third kappa shape index (κ3) is 3.24. The summed E-state index contributed by atoms with van der Waals surface area (Å²) < 4.78 is 4.71. The Bertz CT molecular complexity index is 353. The Morgan fingerprint density at radius 3 is 2.81 bits per heavy atom. The van der Waals surface area contributed by atoms with Crippen molar-refractivity contribution in [2.75, 3.05) is 19.0 Å². The maximum Gasteiger partial charge on any atom is 0.339 e. The van der Waals surface area contributed by atoms with Crippen LogP contribution < -0.4 is 11.1 Å². The van der Waals surface area contributed by atoms with Gasteiger partial charge in [0.1, 0.15) is 0 Å². The van der Waals surface area contributed by atoms with Crippen LogP contribution in [0, 0.1) is 0 Å². The largest absolute Gasteiger partial charge is 0.465 e. The van der Waals surface area contributed by atoms with Gasteiger partial charge >= 0.3 is 5.97 Å². The fourth-order valence-electron chi connectivity index (χ4n) is 1.48. The van der Waals surface area contributed by atoms with Crippen LogP contribution >= 0.6 is 0 Å². The van der Waals surface area contributed by atoms with Crippen molar-refractivity contribution < 1.29 is 9.53 Å². The van der Waals surface area contributed by atoms with Crippen molar-refractivity contribution in [1.29, 1.82) is 0 Å². The molecule has 3 N–H and O–H groups in total. The summed E-state index contributed by atoms with van der Waals surface area (Å²) in [5.74, 6) is -0.331. The van der Waals surface area contributed by atoms with Crippen molar-refractivity contribution >= 4 is 11.7 Å². The first kappa shape index (κ1) is 12.5. The van der Waals surface area contributed by atoms with Crippen LogP contribution in [-0.2, 0) is 4.74 Å². The third-order valence-electron chi connectivity index (χ3n) is 2.33. The molecule has 0 aliphatic carbocycles. The Morgan fingerprint density at radius 2 is 2.19 bits per heavy atom. The van der Waals surface area contributed by atoms with E-state index in [4.69, 9.17) is 10.5 Å². The van der Waals surface area contributed by atoms with E-state index in [1.54, 1.807) is 6.07 Å². The van der Waals surface area contributed by atoms with E-state index in [1.807, 2.05) is 25.1 Å².